The van der Waals surface area contributed by atoms with Crippen molar-refractivity contribution in [3.8, 4) is 11.5 Å². The SMILES string of the molecule is COc1cccc(C2=CC(C=O)c3ccccc3O2)c1N. The van der Waals surface area contributed by atoms with Gasteiger partial charge in [0.25, 0.3) is 0 Å². The molecule has 0 saturated heterocycles. The van der Waals surface area contributed by atoms with E-state index in [9.17, 15) is 4.79 Å². The van der Waals surface area contributed by atoms with Gasteiger partial charge in [-0.25, -0.2) is 0 Å². The number of hydrogen-bond acceptors (Lipinski definition) is 4. The molecule has 3 rings (SSSR count). The second-order valence-corrected chi connectivity index (χ2v) is 4.75. The summed E-state index contributed by atoms with van der Waals surface area (Å²) in [5, 5.41) is 0. The number of hydrogen-bond donors (Lipinski definition) is 1. The van der Waals surface area contributed by atoms with Crippen LogP contribution in [0.25, 0.3) is 5.76 Å². The largest absolute Gasteiger partial charge is 0.495 e. The van der Waals surface area contributed by atoms with Crippen LogP contribution in [0.5, 0.6) is 11.5 Å². The van der Waals surface area contributed by atoms with Crippen LogP contribution in [0.15, 0.2) is 48.5 Å². The van der Waals surface area contributed by atoms with Crippen LogP contribution in [-0.4, -0.2) is 13.4 Å². The van der Waals surface area contributed by atoms with Crippen molar-refractivity contribution in [2.45, 2.75) is 5.92 Å². The molecule has 1 atom stereocenters. The van der Waals surface area contributed by atoms with Crippen LogP contribution in [0, 0.1) is 0 Å². The summed E-state index contributed by atoms with van der Waals surface area (Å²) >= 11 is 0. The zero-order valence-corrected chi connectivity index (χ0v) is 11.6. The maximum Gasteiger partial charge on any atom is 0.142 e. The highest BCUT2D eigenvalue weighted by atomic mass is 16.5. The van der Waals surface area contributed by atoms with Crippen molar-refractivity contribution >= 4 is 17.7 Å². The van der Waals surface area contributed by atoms with Crippen molar-refractivity contribution in [1.82, 2.24) is 0 Å². The number of aldehydes is 1. The van der Waals surface area contributed by atoms with E-state index in [1.807, 2.05) is 36.4 Å². The molecule has 0 aliphatic carbocycles. The van der Waals surface area contributed by atoms with Crippen molar-refractivity contribution in [2.24, 2.45) is 0 Å². The Kier molecular flexibility index (Phi) is 3.36. The Hall–Kier alpha value is -2.75. The summed E-state index contributed by atoms with van der Waals surface area (Å²) < 4.78 is 11.1. The fourth-order valence-corrected chi connectivity index (χ4v) is 2.45. The number of anilines is 1. The van der Waals surface area contributed by atoms with Crippen LogP contribution in [0.2, 0.25) is 0 Å². The lowest BCUT2D eigenvalue weighted by atomic mass is 9.95. The van der Waals surface area contributed by atoms with E-state index in [4.69, 9.17) is 15.2 Å². The fourth-order valence-electron chi connectivity index (χ4n) is 2.45. The van der Waals surface area contributed by atoms with E-state index in [1.165, 1.54) is 0 Å². The standard InChI is InChI=1S/C17H15NO3/c1-20-15-8-4-6-13(17(15)18)16-9-11(10-19)12-5-2-3-7-14(12)21-16/h2-11H,18H2,1H3. The number of nitrogens with two attached hydrogens (primary N) is 1. The molecule has 0 saturated carbocycles. The van der Waals surface area contributed by atoms with Crippen LogP contribution in [0.3, 0.4) is 0 Å². The molecule has 0 amide bonds. The quantitative estimate of drug-likeness (QED) is 0.694. The number of para-hydroxylation sites is 2. The van der Waals surface area contributed by atoms with E-state index < -0.39 is 0 Å². The monoisotopic (exact) mass is 281 g/mol. The summed E-state index contributed by atoms with van der Waals surface area (Å²) in [7, 11) is 1.56. The highest BCUT2D eigenvalue weighted by Gasteiger charge is 2.23. The van der Waals surface area contributed by atoms with Gasteiger partial charge in [-0.1, -0.05) is 24.3 Å². The molecule has 0 spiro atoms. The summed E-state index contributed by atoms with van der Waals surface area (Å²) in [6, 6.07) is 13.0. The molecule has 0 radical (unpaired) electrons. The van der Waals surface area contributed by atoms with E-state index in [-0.39, 0.29) is 5.92 Å². The average Bonchev–Trinajstić information content (AvgIpc) is 2.54. The van der Waals surface area contributed by atoms with Gasteiger partial charge >= 0.3 is 0 Å². The zero-order chi connectivity index (χ0) is 14.8. The number of methoxy groups -OCH3 is 1. The molecule has 0 aromatic heterocycles. The molecule has 2 aromatic carbocycles. The van der Waals surface area contributed by atoms with Gasteiger partial charge in [-0.2, -0.15) is 0 Å². The molecule has 1 aliphatic rings. The third-order valence-electron chi connectivity index (χ3n) is 3.53. The first kappa shape index (κ1) is 13.2. The van der Waals surface area contributed by atoms with Crippen molar-refractivity contribution in [3.05, 3.63) is 59.7 Å². The van der Waals surface area contributed by atoms with E-state index >= 15 is 0 Å². The fraction of sp³-hybridized carbons (Fsp3) is 0.118. The van der Waals surface area contributed by atoms with Crippen molar-refractivity contribution < 1.29 is 14.3 Å². The molecule has 1 heterocycles. The van der Waals surface area contributed by atoms with E-state index in [2.05, 4.69) is 0 Å². The minimum absolute atomic E-state index is 0.337. The lowest BCUT2D eigenvalue weighted by molar-refractivity contribution is -0.108. The zero-order valence-electron chi connectivity index (χ0n) is 11.6. The molecule has 1 aliphatic heterocycles. The molecule has 0 bridgehead atoms. The number of benzene rings is 2. The normalized spacial score (nSPS) is 16.4. The maximum atomic E-state index is 11.4. The molecule has 106 valence electrons. The minimum Gasteiger partial charge on any atom is -0.495 e. The van der Waals surface area contributed by atoms with Gasteiger partial charge in [0.2, 0.25) is 0 Å². The molecule has 2 aromatic rings. The topological polar surface area (TPSA) is 61.5 Å². The van der Waals surface area contributed by atoms with Gasteiger partial charge in [-0.05, 0) is 24.3 Å². The van der Waals surface area contributed by atoms with Gasteiger partial charge in [-0.15, -0.1) is 0 Å². The number of allylic oxidation sites excluding steroid dienone is 1. The van der Waals surface area contributed by atoms with Gasteiger partial charge in [0.05, 0.1) is 18.7 Å². The Balaban J connectivity index is 2.09. The molecule has 4 nitrogen and oxygen atoms in total. The van der Waals surface area contributed by atoms with Crippen LogP contribution in [-0.2, 0) is 4.79 Å². The van der Waals surface area contributed by atoms with Crippen molar-refractivity contribution in [3.63, 3.8) is 0 Å². The number of carbonyl (C=O) groups is 1. The Morgan fingerprint density at radius 1 is 1.19 bits per heavy atom. The van der Waals surface area contributed by atoms with Gasteiger partial charge in [0, 0.05) is 11.1 Å². The Morgan fingerprint density at radius 3 is 2.76 bits per heavy atom. The van der Waals surface area contributed by atoms with Gasteiger partial charge in [0.1, 0.15) is 23.5 Å². The lowest BCUT2D eigenvalue weighted by Crippen LogP contribution is -2.11. The predicted molar refractivity (Wildman–Crippen MR) is 81.3 cm³/mol. The molecule has 1 unspecified atom stereocenters. The van der Waals surface area contributed by atoms with E-state index in [0.717, 1.165) is 17.4 Å². The van der Waals surface area contributed by atoms with Gasteiger partial charge in [-0.3, -0.25) is 0 Å². The number of carbonyl (C=O) groups excluding carboxylic acids is 1. The number of fused-ring (bicyclic) bond motifs is 1. The number of ether oxygens (including phenoxy) is 2. The molecule has 4 heteroatoms. The number of rotatable bonds is 3. The summed E-state index contributed by atoms with van der Waals surface area (Å²) in [4.78, 5) is 11.4. The van der Waals surface area contributed by atoms with Crippen LogP contribution < -0.4 is 15.2 Å². The molecular weight excluding hydrogens is 266 g/mol. The second kappa shape index (κ2) is 5.32. The molecular formula is C17H15NO3. The van der Waals surface area contributed by atoms with Crippen LogP contribution in [0.4, 0.5) is 5.69 Å². The average molecular weight is 281 g/mol. The van der Waals surface area contributed by atoms with Gasteiger partial charge < -0.3 is 20.0 Å². The third-order valence-corrected chi connectivity index (χ3v) is 3.53. The predicted octanol–water partition coefficient (Wildman–Crippen LogP) is 2.99. The minimum atomic E-state index is -0.337. The van der Waals surface area contributed by atoms with Crippen LogP contribution >= 0.6 is 0 Å². The third kappa shape index (κ3) is 2.25. The first-order valence-corrected chi connectivity index (χ1v) is 6.61. The first-order valence-electron chi connectivity index (χ1n) is 6.61. The van der Waals surface area contributed by atoms with Gasteiger partial charge in [0.15, 0.2) is 0 Å². The first-order chi connectivity index (χ1) is 10.2. The molecule has 0 fully saturated rings. The summed E-state index contributed by atoms with van der Waals surface area (Å²) in [5.41, 5.74) is 8.17. The molecule has 2 N–H and O–H groups in total. The lowest BCUT2D eigenvalue weighted by Gasteiger charge is -2.23. The summed E-state index contributed by atoms with van der Waals surface area (Å²) in [6.07, 6.45) is 2.68. The summed E-state index contributed by atoms with van der Waals surface area (Å²) in [6.45, 7) is 0. The smallest absolute Gasteiger partial charge is 0.142 e. The second-order valence-electron chi connectivity index (χ2n) is 4.75. The Bertz CT molecular complexity index is 722. The summed E-state index contributed by atoms with van der Waals surface area (Å²) in [5.74, 6) is 1.49. The Labute approximate surface area is 122 Å². The van der Waals surface area contributed by atoms with Crippen LogP contribution in [0.1, 0.15) is 17.0 Å². The highest BCUT2D eigenvalue weighted by Crippen LogP contribution is 2.39. The van der Waals surface area contributed by atoms with Crippen molar-refractivity contribution in [1.29, 1.82) is 0 Å². The molecule has 21 heavy (non-hydrogen) atoms. The maximum absolute atomic E-state index is 11.4. The highest BCUT2D eigenvalue weighted by molar-refractivity contribution is 5.82. The van der Waals surface area contributed by atoms with E-state index in [0.29, 0.717) is 22.9 Å². The van der Waals surface area contributed by atoms with E-state index in [1.54, 1.807) is 19.3 Å². The van der Waals surface area contributed by atoms with Crippen molar-refractivity contribution in [2.75, 3.05) is 12.8 Å². The number of nitrogen functional groups attached to an aromatic ring is 1. The Morgan fingerprint density at radius 2 is 2.00 bits per heavy atom.